The fourth-order valence-corrected chi connectivity index (χ4v) is 4.10. The van der Waals surface area contributed by atoms with E-state index in [0.717, 1.165) is 12.1 Å². The number of carbonyl (C=O) groups excluding carboxylic acids is 1. The van der Waals surface area contributed by atoms with Gasteiger partial charge in [0.05, 0.1) is 38.3 Å². The van der Waals surface area contributed by atoms with Crippen molar-refractivity contribution in [2.45, 2.75) is 19.5 Å². The Hall–Kier alpha value is -4.43. The lowest BCUT2D eigenvalue weighted by molar-refractivity contribution is -0.137. The number of rotatable bonds is 6. The van der Waals surface area contributed by atoms with Gasteiger partial charge in [0.2, 0.25) is 5.95 Å². The summed E-state index contributed by atoms with van der Waals surface area (Å²) < 4.78 is 62.6. The highest BCUT2D eigenvalue weighted by molar-refractivity contribution is 5.88. The van der Waals surface area contributed by atoms with Gasteiger partial charge in [-0.2, -0.15) is 23.1 Å². The zero-order chi connectivity index (χ0) is 28.8. The number of benzene rings is 2. The number of aromatic amines is 1. The van der Waals surface area contributed by atoms with Crippen molar-refractivity contribution in [3.8, 4) is 11.5 Å². The van der Waals surface area contributed by atoms with Crippen LogP contribution in [0, 0.1) is 0 Å². The molecule has 2 aromatic carbocycles. The Morgan fingerprint density at radius 2 is 1.66 bits per heavy atom. The molecule has 1 aliphatic heterocycles. The number of fused-ring (bicyclic) bond motifs is 2. The highest BCUT2D eigenvalue weighted by Crippen LogP contribution is 2.35. The molecule has 0 saturated heterocycles. The minimum absolute atomic E-state index is 0.165. The molecule has 0 bridgehead atoms. The maximum atomic E-state index is 13.3. The lowest BCUT2D eigenvalue weighted by atomic mass is 10.0. The van der Waals surface area contributed by atoms with E-state index in [1.165, 1.54) is 19.3 Å². The summed E-state index contributed by atoms with van der Waals surface area (Å²) in [4.78, 5) is 27.9. The first-order valence-electron chi connectivity index (χ1n) is 12.8. The first-order chi connectivity index (χ1) is 19.8. The van der Waals surface area contributed by atoms with Crippen molar-refractivity contribution in [3.63, 3.8) is 0 Å². The SMILES string of the molecule is CC(=O)Cc1cc(C(F)(F)F)ccc1Nc1nc(Nc2ccc3c(c2)OCCOCCOCCO3)nc2nc[nH]c12. The molecule has 1 aliphatic rings. The van der Waals surface area contributed by atoms with Crippen molar-refractivity contribution < 1.29 is 36.9 Å². The highest BCUT2D eigenvalue weighted by Gasteiger charge is 2.31. The quantitative estimate of drug-likeness (QED) is 0.296. The van der Waals surface area contributed by atoms with Crippen LogP contribution < -0.4 is 20.1 Å². The van der Waals surface area contributed by atoms with Crippen LogP contribution in [0.15, 0.2) is 42.7 Å². The molecule has 11 nitrogen and oxygen atoms in total. The van der Waals surface area contributed by atoms with Crippen LogP contribution in [-0.4, -0.2) is 65.4 Å². The number of ether oxygens (including phenoxy) is 4. The van der Waals surface area contributed by atoms with E-state index in [1.807, 2.05) is 0 Å². The molecule has 0 saturated carbocycles. The van der Waals surface area contributed by atoms with Gasteiger partial charge in [-0.1, -0.05) is 0 Å². The van der Waals surface area contributed by atoms with E-state index in [4.69, 9.17) is 18.9 Å². The largest absolute Gasteiger partial charge is 0.487 e. The van der Waals surface area contributed by atoms with Crippen LogP contribution in [-0.2, 0) is 26.9 Å². The number of H-pyrrole nitrogens is 1. The van der Waals surface area contributed by atoms with Crippen LogP contribution in [0.4, 0.5) is 36.3 Å². The number of halogens is 3. The van der Waals surface area contributed by atoms with Gasteiger partial charge in [0.15, 0.2) is 23.0 Å². The summed E-state index contributed by atoms with van der Waals surface area (Å²) in [6.45, 7) is 3.68. The van der Waals surface area contributed by atoms with Gasteiger partial charge < -0.3 is 34.6 Å². The number of carbonyl (C=O) groups is 1. The van der Waals surface area contributed by atoms with Crippen molar-refractivity contribution in [2.75, 3.05) is 50.3 Å². The van der Waals surface area contributed by atoms with Crippen molar-refractivity contribution >= 4 is 40.1 Å². The van der Waals surface area contributed by atoms with Crippen LogP contribution in [0.5, 0.6) is 11.5 Å². The van der Waals surface area contributed by atoms with Crippen molar-refractivity contribution in [2.24, 2.45) is 0 Å². The molecular formula is C27H27F3N6O5. The molecule has 0 aliphatic carbocycles. The summed E-state index contributed by atoms with van der Waals surface area (Å²) in [5.74, 6) is 1.15. The summed E-state index contributed by atoms with van der Waals surface area (Å²) >= 11 is 0. The third kappa shape index (κ3) is 7.21. The average molecular weight is 573 g/mol. The average Bonchev–Trinajstić information content (AvgIpc) is 3.39. The van der Waals surface area contributed by atoms with E-state index in [0.29, 0.717) is 73.7 Å². The standard InChI is InChI=1S/C27H27F3N6O5/c1-16(37)12-17-13-18(27(28,29)30)2-4-20(17)34-25-23-24(32-15-31-23)35-26(36-25)33-19-3-5-21-22(14-19)41-11-9-39-7-6-38-8-10-40-21/h2-5,13-15H,6-12H2,1H3,(H3,31,32,33,34,35,36). The second kappa shape index (κ2) is 12.4. The van der Waals surface area contributed by atoms with E-state index in [1.54, 1.807) is 18.2 Å². The fraction of sp³-hybridized carbons (Fsp3) is 0.333. The molecule has 41 heavy (non-hydrogen) atoms. The number of nitrogens with one attached hydrogen (secondary N) is 3. The molecule has 5 rings (SSSR count). The van der Waals surface area contributed by atoms with Gasteiger partial charge in [0, 0.05) is 23.9 Å². The van der Waals surface area contributed by atoms with Crippen molar-refractivity contribution in [1.29, 1.82) is 0 Å². The van der Waals surface area contributed by atoms with E-state index < -0.39 is 11.7 Å². The van der Waals surface area contributed by atoms with Crippen molar-refractivity contribution in [1.82, 2.24) is 19.9 Å². The zero-order valence-corrected chi connectivity index (χ0v) is 22.0. The summed E-state index contributed by atoms with van der Waals surface area (Å²) in [6.07, 6.45) is -3.31. The predicted octanol–water partition coefficient (Wildman–Crippen LogP) is 4.79. The van der Waals surface area contributed by atoms with Gasteiger partial charge in [0.1, 0.15) is 24.5 Å². The molecule has 0 fully saturated rings. The van der Waals surface area contributed by atoms with Crippen LogP contribution in [0.3, 0.4) is 0 Å². The van der Waals surface area contributed by atoms with Gasteiger partial charge in [0.25, 0.3) is 0 Å². The number of ketones is 1. The molecule has 216 valence electrons. The Labute approximate surface area is 232 Å². The lowest BCUT2D eigenvalue weighted by Crippen LogP contribution is -2.15. The summed E-state index contributed by atoms with van der Waals surface area (Å²) in [6, 6.07) is 8.41. The normalized spacial score (nSPS) is 14.6. The molecule has 14 heteroatoms. The molecule has 4 aromatic rings. The molecule has 0 atom stereocenters. The van der Waals surface area contributed by atoms with Crippen LogP contribution in [0.1, 0.15) is 18.1 Å². The van der Waals surface area contributed by atoms with E-state index in [2.05, 4.69) is 30.6 Å². The number of alkyl halides is 3. The minimum Gasteiger partial charge on any atom is -0.487 e. The van der Waals surface area contributed by atoms with Gasteiger partial charge in [-0.15, -0.1) is 0 Å². The molecule has 0 spiro atoms. The molecular weight excluding hydrogens is 545 g/mol. The number of anilines is 4. The number of nitrogens with zero attached hydrogens (tertiary/aromatic N) is 3. The molecule has 3 N–H and O–H groups in total. The highest BCUT2D eigenvalue weighted by atomic mass is 19.4. The second-order valence-electron chi connectivity index (χ2n) is 9.08. The van der Waals surface area contributed by atoms with E-state index in [9.17, 15) is 18.0 Å². The fourth-order valence-electron chi connectivity index (χ4n) is 4.10. The summed E-state index contributed by atoms with van der Waals surface area (Å²) in [5, 5.41) is 6.16. The van der Waals surface area contributed by atoms with Crippen molar-refractivity contribution in [3.05, 3.63) is 53.9 Å². The van der Waals surface area contributed by atoms with Gasteiger partial charge in [-0.25, -0.2) is 4.98 Å². The third-order valence-corrected chi connectivity index (χ3v) is 5.95. The monoisotopic (exact) mass is 572 g/mol. The smallest absolute Gasteiger partial charge is 0.416 e. The van der Waals surface area contributed by atoms with Gasteiger partial charge in [-0.3, -0.25) is 4.79 Å². The van der Waals surface area contributed by atoms with Crippen LogP contribution in [0.2, 0.25) is 0 Å². The number of hydrogen-bond donors (Lipinski definition) is 3. The number of Topliss-reactive ketones (excluding diaryl/α,β-unsaturated/α-hetero) is 1. The Morgan fingerprint density at radius 3 is 2.39 bits per heavy atom. The lowest BCUT2D eigenvalue weighted by Gasteiger charge is -2.17. The minimum atomic E-state index is -4.55. The number of aromatic nitrogens is 4. The maximum absolute atomic E-state index is 13.3. The zero-order valence-electron chi connectivity index (χ0n) is 22.0. The Bertz CT molecular complexity index is 1530. The van der Waals surface area contributed by atoms with Crippen LogP contribution >= 0.6 is 0 Å². The Morgan fingerprint density at radius 1 is 0.927 bits per heavy atom. The molecule has 0 radical (unpaired) electrons. The molecule has 2 aromatic heterocycles. The topological polar surface area (TPSA) is 133 Å². The maximum Gasteiger partial charge on any atom is 0.416 e. The molecule has 0 amide bonds. The molecule has 0 unspecified atom stereocenters. The third-order valence-electron chi connectivity index (χ3n) is 5.95. The Balaban J connectivity index is 1.43. The molecule has 3 heterocycles. The van der Waals surface area contributed by atoms with E-state index >= 15 is 0 Å². The summed E-state index contributed by atoms with van der Waals surface area (Å²) in [5.41, 5.74) is 0.959. The Kier molecular flexibility index (Phi) is 8.50. The van der Waals surface area contributed by atoms with E-state index in [-0.39, 0.29) is 29.5 Å². The first-order valence-corrected chi connectivity index (χ1v) is 12.8. The van der Waals surface area contributed by atoms with Gasteiger partial charge in [-0.05, 0) is 42.8 Å². The number of hydrogen-bond acceptors (Lipinski definition) is 10. The first kappa shape index (κ1) is 28.1. The predicted molar refractivity (Wildman–Crippen MR) is 143 cm³/mol. The van der Waals surface area contributed by atoms with Gasteiger partial charge >= 0.3 is 6.18 Å². The van der Waals surface area contributed by atoms with Crippen LogP contribution in [0.25, 0.3) is 11.2 Å². The summed E-state index contributed by atoms with van der Waals surface area (Å²) in [7, 11) is 0. The number of imidazole rings is 1. The second-order valence-corrected chi connectivity index (χ2v) is 9.08.